The van der Waals surface area contributed by atoms with Crippen molar-refractivity contribution in [1.82, 2.24) is 0 Å². The molecule has 2 nitrogen and oxygen atoms in total. The number of carbonyl (C=O) groups excluding carboxylic acids is 1. The Hall–Kier alpha value is -1.93. The summed E-state index contributed by atoms with van der Waals surface area (Å²) in [5, 5.41) is 0. The Balaban J connectivity index is 2.06. The van der Waals surface area contributed by atoms with E-state index in [1.165, 1.54) is 5.56 Å². The Morgan fingerprint density at radius 3 is 2.19 bits per heavy atom. The number of hydrogen-bond donors (Lipinski definition) is 0. The van der Waals surface area contributed by atoms with Crippen LogP contribution in [-0.4, -0.2) is 12.4 Å². The number of ether oxygens (including phenoxy) is 1. The Morgan fingerprint density at radius 1 is 1.05 bits per heavy atom. The number of hydrogen-bond acceptors (Lipinski definition) is 2. The molecule has 0 amide bonds. The van der Waals surface area contributed by atoms with Crippen LogP contribution in [0.15, 0.2) is 42.5 Å². The van der Waals surface area contributed by atoms with E-state index in [1.807, 2.05) is 70.2 Å². The number of rotatable bonds is 5. The second-order valence-corrected chi connectivity index (χ2v) is 5.56. The van der Waals surface area contributed by atoms with Crippen molar-refractivity contribution < 1.29 is 9.53 Å². The predicted octanol–water partition coefficient (Wildman–Crippen LogP) is 4.57. The zero-order valence-corrected chi connectivity index (χ0v) is 13.1. The lowest BCUT2D eigenvalue weighted by Gasteiger charge is -2.15. The summed E-state index contributed by atoms with van der Waals surface area (Å²) in [5.74, 6) is 0.0489. The van der Waals surface area contributed by atoms with Gasteiger partial charge in [0.2, 0.25) is 0 Å². The summed E-state index contributed by atoms with van der Waals surface area (Å²) in [5.41, 5.74) is 5.10. The van der Waals surface area contributed by atoms with Crippen LogP contribution in [0.1, 0.15) is 45.6 Å². The van der Waals surface area contributed by atoms with Crippen molar-refractivity contribution in [1.29, 1.82) is 0 Å². The van der Waals surface area contributed by atoms with Gasteiger partial charge in [0.15, 0.2) is 5.78 Å². The van der Waals surface area contributed by atoms with Crippen molar-refractivity contribution in [3.8, 4) is 0 Å². The Labute approximate surface area is 126 Å². The molecule has 2 aromatic carbocycles. The summed E-state index contributed by atoms with van der Waals surface area (Å²) in [6.07, 6.45) is -0.0822. The lowest BCUT2D eigenvalue weighted by atomic mass is 9.97. The van der Waals surface area contributed by atoms with Gasteiger partial charge in [0.05, 0.1) is 6.10 Å². The van der Waals surface area contributed by atoms with Crippen molar-refractivity contribution in [2.24, 2.45) is 0 Å². The highest BCUT2D eigenvalue weighted by Crippen LogP contribution is 2.20. The molecule has 1 atom stereocenters. The molecular weight excluding hydrogens is 260 g/mol. The highest BCUT2D eigenvalue weighted by molar-refractivity contribution is 5.99. The van der Waals surface area contributed by atoms with E-state index in [2.05, 4.69) is 0 Å². The maximum atomic E-state index is 12.4. The number of aryl methyl sites for hydroxylation is 3. The molecule has 0 bridgehead atoms. The number of Topliss-reactive ketones (excluding diaryl/α,β-unsaturated/α-hetero) is 1. The van der Waals surface area contributed by atoms with Crippen molar-refractivity contribution in [3.05, 3.63) is 70.3 Å². The molecule has 2 rings (SSSR count). The molecule has 1 unspecified atom stereocenters. The average molecular weight is 282 g/mol. The first kappa shape index (κ1) is 15.5. The molecule has 0 radical (unpaired) electrons. The highest BCUT2D eigenvalue weighted by atomic mass is 16.5. The molecule has 0 saturated heterocycles. The predicted molar refractivity (Wildman–Crippen MR) is 85.8 cm³/mol. The van der Waals surface area contributed by atoms with Gasteiger partial charge in [-0.3, -0.25) is 4.79 Å². The zero-order chi connectivity index (χ0) is 15.4. The number of benzene rings is 2. The molecule has 0 aliphatic rings. The van der Waals surface area contributed by atoms with E-state index < -0.39 is 0 Å². The van der Waals surface area contributed by atoms with E-state index in [1.54, 1.807) is 0 Å². The van der Waals surface area contributed by atoms with Crippen LogP contribution in [0.3, 0.4) is 0 Å². The van der Waals surface area contributed by atoms with Crippen LogP contribution >= 0.6 is 0 Å². The molecule has 0 aliphatic carbocycles. The van der Waals surface area contributed by atoms with Crippen LogP contribution in [-0.2, 0) is 4.74 Å². The SMILES string of the molecule is Cc1cc(C)c(C(=O)COC(C)c2ccccc2)c(C)c1. The van der Waals surface area contributed by atoms with Gasteiger partial charge in [-0.1, -0.05) is 48.0 Å². The van der Waals surface area contributed by atoms with Gasteiger partial charge >= 0.3 is 0 Å². The molecule has 110 valence electrons. The molecule has 0 heterocycles. The highest BCUT2D eigenvalue weighted by Gasteiger charge is 2.15. The first-order valence-electron chi connectivity index (χ1n) is 7.26. The monoisotopic (exact) mass is 282 g/mol. The molecule has 0 saturated carbocycles. The van der Waals surface area contributed by atoms with Crippen LogP contribution in [0.25, 0.3) is 0 Å². The fourth-order valence-corrected chi connectivity index (χ4v) is 2.71. The molecule has 0 aromatic heterocycles. The van der Waals surface area contributed by atoms with Gasteiger partial charge < -0.3 is 4.74 Å². The van der Waals surface area contributed by atoms with Gasteiger partial charge in [0.25, 0.3) is 0 Å². The van der Waals surface area contributed by atoms with Crippen molar-refractivity contribution in [3.63, 3.8) is 0 Å². The third-order valence-corrected chi connectivity index (χ3v) is 3.69. The summed E-state index contributed by atoms with van der Waals surface area (Å²) in [7, 11) is 0. The minimum atomic E-state index is -0.0822. The molecule has 0 spiro atoms. The van der Waals surface area contributed by atoms with E-state index in [4.69, 9.17) is 4.74 Å². The lowest BCUT2D eigenvalue weighted by Crippen LogP contribution is -2.14. The molecular formula is C19H22O2. The maximum Gasteiger partial charge on any atom is 0.189 e. The van der Waals surface area contributed by atoms with E-state index in [0.717, 1.165) is 22.3 Å². The standard InChI is InChI=1S/C19H22O2/c1-13-10-14(2)19(15(3)11-13)18(20)12-21-16(4)17-8-6-5-7-9-17/h5-11,16H,12H2,1-4H3. The Bertz CT molecular complexity index is 606. The first-order chi connectivity index (χ1) is 9.99. The summed E-state index contributed by atoms with van der Waals surface area (Å²) in [4.78, 5) is 12.4. The van der Waals surface area contributed by atoms with Crippen LogP contribution in [0.5, 0.6) is 0 Å². The van der Waals surface area contributed by atoms with Crippen LogP contribution < -0.4 is 0 Å². The summed E-state index contributed by atoms with van der Waals surface area (Å²) in [6.45, 7) is 8.09. The number of ketones is 1. The van der Waals surface area contributed by atoms with E-state index >= 15 is 0 Å². The molecule has 2 aromatic rings. The van der Waals surface area contributed by atoms with Gasteiger partial charge in [0.1, 0.15) is 6.61 Å². The van der Waals surface area contributed by atoms with Gasteiger partial charge in [-0.25, -0.2) is 0 Å². The Morgan fingerprint density at radius 2 is 1.62 bits per heavy atom. The quantitative estimate of drug-likeness (QED) is 0.751. The van der Waals surface area contributed by atoms with Gasteiger partial charge in [-0.05, 0) is 44.4 Å². The van der Waals surface area contributed by atoms with E-state index in [0.29, 0.717) is 0 Å². The van der Waals surface area contributed by atoms with E-state index in [9.17, 15) is 4.79 Å². The van der Waals surface area contributed by atoms with Crippen LogP contribution in [0, 0.1) is 20.8 Å². The lowest BCUT2D eigenvalue weighted by molar-refractivity contribution is 0.0520. The smallest absolute Gasteiger partial charge is 0.189 e. The molecule has 0 aliphatic heterocycles. The summed E-state index contributed by atoms with van der Waals surface area (Å²) >= 11 is 0. The van der Waals surface area contributed by atoms with Crippen molar-refractivity contribution >= 4 is 5.78 Å². The van der Waals surface area contributed by atoms with Crippen LogP contribution in [0.4, 0.5) is 0 Å². The third kappa shape index (κ3) is 3.79. The van der Waals surface area contributed by atoms with Gasteiger partial charge in [0, 0.05) is 5.56 Å². The van der Waals surface area contributed by atoms with Crippen molar-refractivity contribution in [2.45, 2.75) is 33.8 Å². The average Bonchev–Trinajstić information content (AvgIpc) is 2.44. The molecule has 21 heavy (non-hydrogen) atoms. The van der Waals surface area contributed by atoms with Gasteiger partial charge in [-0.2, -0.15) is 0 Å². The topological polar surface area (TPSA) is 26.3 Å². The second kappa shape index (κ2) is 6.68. The maximum absolute atomic E-state index is 12.4. The molecule has 0 fully saturated rings. The minimum Gasteiger partial charge on any atom is -0.366 e. The Kier molecular flexibility index (Phi) is 4.92. The summed E-state index contributed by atoms with van der Waals surface area (Å²) in [6, 6.07) is 14.0. The fourth-order valence-electron chi connectivity index (χ4n) is 2.71. The minimum absolute atomic E-state index is 0.0489. The number of carbonyl (C=O) groups is 1. The zero-order valence-electron chi connectivity index (χ0n) is 13.1. The van der Waals surface area contributed by atoms with Gasteiger partial charge in [-0.15, -0.1) is 0 Å². The fraction of sp³-hybridized carbons (Fsp3) is 0.316. The molecule has 2 heteroatoms. The normalized spacial score (nSPS) is 12.2. The summed E-state index contributed by atoms with van der Waals surface area (Å²) < 4.78 is 5.73. The van der Waals surface area contributed by atoms with Crippen molar-refractivity contribution in [2.75, 3.05) is 6.61 Å². The van der Waals surface area contributed by atoms with Crippen LogP contribution in [0.2, 0.25) is 0 Å². The largest absolute Gasteiger partial charge is 0.366 e. The molecule has 0 N–H and O–H groups in total. The second-order valence-electron chi connectivity index (χ2n) is 5.56. The first-order valence-corrected chi connectivity index (χ1v) is 7.26. The third-order valence-electron chi connectivity index (χ3n) is 3.69. The van der Waals surface area contributed by atoms with E-state index in [-0.39, 0.29) is 18.5 Å².